The molecule has 4 rings (SSSR count). The van der Waals surface area contributed by atoms with Crippen molar-refractivity contribution in [3.8, 4) is 0 Å². The zero-order chi connectivity index (χ0) is 17.3. The van der Waals surface area contributed by atoms with Crippen molar-refractivity contribution in [3.05, 3.63) is 54.1 Å². The van der Waals surface area contributed by atoms with Gasteiger partial charge in [0.1, 0.15) is 5.82 Å². The smallest absolute Gasteiger partial charge is 0.231 e. The van der Waals surface area contributed by atoms with Crippen molar-refractivity contribution in [1.82, 2.24) is 14.9 Å². The second-order valence-electron chi connectivity index (χ2n) is 7.69. The first kappa shape index (κ1) is 16.4. The Morgan fingerprint density at radius 3 is 2.52 bits per heavy atom. The molecule has 0 saturated heterocycles. The van der Waals surface area contributed by atoms with E-state index in [1.807, 2.05) is 30.1 Å². The van der Waals surface area contributed by atoms with Gasteiger partial charge >= 0.3 is 0 Å². The van der Waals surface area contributed by atoms with Crippen LogP contribution in [0.3, 0.4) is 0 Å². The molecule has 2 fully saturated rings. The van der Waals surface area contributed by atoms with Crippen molar-refractivity contribution in [2.45, 2.75) is 56.4 Å². The summed E-state index contributed by atoms with van der Waals surface area (Å²) in [4.78, 5) is 18.0. The highest BCUT2D eigenvalue weighted by Gasteiger charge is 2.44. The Morgan fingerprint density at radius 1 is 1.20 bits per heavy atom. The predicted octanol–water partition coefficient (Wildman–Crippen LogP) is 3.89. The summed E-state index contributed by atoms with van der Waals surface area (Å²) >= 11 is 0. The number of carbonyl (C=O) groups excluding carboxylic acids is 1. The average molecular weight is 337 g/mol. The first-order valence-corrected chi connectivity index (χ1v) is 9.54. The van der Waals surface area contributed by atoms with Crippen LogP contribution in [-0.2, 0) is 17.3 Å². The Bertz CT molecular complexity index is 727. The number of hydrogen-bond acceptors (Lipinski definition) is 2. The molecule has 0 aliphatic heterocycles. The molecule has 1 N–H and O–H groups in total. The van der Waals surface area contributed by atoms with Crippen LogP contribution >= 0.6 is 0 Å². The number of rotatable bonds is 5. The van der Waals surface area contributed by atoms with Crippen molar-refractivity contribution in [3.63, 3.8) is 0 Å². The van der Waals surface area contributed by atoms with Crippen molar-refractivity contribution < 1.29 is 4.79 Å². The predicted molar refractivity (Wildman–Crippen MR) is 98.0 cm³/mol. The van der Waals surface area contributed by atoms with Crippen molar-refractivity contribution in [2.75, 3.05) is 0 Å². The quantitative estimate of drug-likeness (QED) is 0.900. The summed E-state index contributed by atoms with van der Waals surface area (Å²) in [5, 5.41) is 3.41. The molecule has 0 bridgehead atoms. The molecule has 1 aromatic carbocycles. The lowest BCUT2D eigenvalue weighted by Crippen LogP contribution is -2.47. The normalized spacial score (nSPS) is 20.8. The van der Waals surface area contributed by atoms with E-state index in [0.29, 0.717) is 5.92 Å². The van der Waals surface area contributed by atoms with Crippen molar-refractivity contribution in [1.29, 1.82) is 0 Å². The second kappa shape index (κ2) is 6.66. The second-order valence-corrected chi connectivity index (χ2v) is 7.69. The maximum atomic E-state index is 13.5. The third-order valence-electron chi connectivity index (χ3n) is 5.98. The van der Waals surface area contributed by atoms with E-state index in [1.165, 1.54) is 24.8 Å². The van der Waals surface area contributed by atoms with Crippen LogP contribution in [0.15, 0.2) is 42.7 Å². The number of imidazole rings is 1. The molecule has 25 heavy (non-hydrogen) atoms. The number of amides is 1. The molecule has 0 unspecified atom stereocenters. The zero-order valence-electron chi connectivity index (χ0n) is 14.9. The molecule has 132 valence electrons. The number of nitrogens with zero attached hydrogens (tertiary/aromatic N) is 2. The molecular formula is C21H27N3O. The molecule has 2 saturated carbocycles. The van der Waals surface area contributed by atoms with Crippen molar-refractivity contribution in [2.24, 2.45) is 13.0 Å². The van der Waals surface area contributed by atoms with Gasteiger partial charge in [-0.15, -0.1) is 0 Å². The van der Waals surface area contributed by atoms with Crippen LogP contribution in [0.1, 0.15) is 62.4 Å². The molecule has 2 aromatic rings. The van der Waals surface area contributed by atoms with Gasteiger partial charge in [0.15, 0.2) is 0 Å². The molecule has 4 nitrogen and oxygen atoms in total. The first-order chi connectivity index (χ1) is 12.2. The number of aryl methyl sites for hydroxylation is 1. The summed E-state index contributed by atoms with van der Waals surface area (Å²) in [6.07, 6.45) is 11.5. The van der Waals surface area contributed by atoms with Crippen LogP contribution < -0.4 is 5.32 Å². The fraction of sp³-hybridized carbons (Fsp3) is 0.524. The van der Waals surface area contributed by atoms with Gasteiger partial charge in [-0.3, -0.25) is 4.79 Å². The van der Waals surface area contributed by atoms with Gasteiger partial charge in [0.25, 0.3) is 0 Å². The van der Waals surface area contributed by atoms with Gasteiger partial charge in [-0.25, -0.2) is 4.98 Å². The summed E-state index contributed by atoms with van der Waals surface area (Å²) < 4.78 is 2.04. The summed E-state index contributed by atoms with van der Waals surface area (Å²) in [6, 6.07) is 10.4. The number of hydrogen-bond donors (Lipinski definition) is 1. The molecule has 2 aliphatic carbocycles. The molecule has 1 atom stereocenters. The molecule has 1 amide bonds. The lowest BCUT2D eigenvalue weighted by molar-refractivity contribution is -0.129. The van der Waals surface area contributed by atoms with Crippen LogP contribution in [0.4, 0.5) is 0 Å². The largest absolute Gasteiger partial charge is 0.345 e. The average Bonchev–Trinajstić information content (AvgIpc) is 3.42. The Labute approximate surface area is 149 Å². The minimum absolute atomic E-state index is 0.0370. The number of carbonyl (C=O) groups is 1. The molecule has 1 heterocycles. The van der Waals surface area contributed by atoms with E-state index in [-0.39, 0.29) is 17.4 Å². The minimum Gasteiger partial charge on any atom is -0.345 e. The van der Waals surface area contributed by atoms with Crippen LogP contribution in [0, 0.1) is 5.92 Å². The maximum Gasteiger partial charge on any atom is 0.231 e. The van der Waals surface area contributed by atoms with E-state index in [2.05, 4.69) is 34.6 Å². The number of benzene rings is 1. The van der Waals surface area contributed by atoms with E-state index in [9.17, 15) is 4.79 Å². The summed E-state index contributed by atoms with van der Waals surface area (Å²) in [5.74, 6) is 1.70. The van der Waals surface area contributed by atoms with E-state index in [1.54, 1.807) is 0 Å². The molecule has 1 aromatic heterocycles. The SMILES string of the molecule is Cn1ccnc1[C@H](NC(=O)C1(c2ccccc2)CCCCC1)C1CC1. The first-order valence-electron chi connectivity index (χ1n) is 9.54. The molecular weight excluding hydrogens is 310 g/mol. The molecule has 0 radical (unpaired) electrons. The standard InChI is InChI=1S/C21H27N3O/c1-24-15-14-22-19(24)18(16-10-11-16)23-20(25)21(12-6-3-7-13-21)17-8-4-2-5-9-17/h2,4-5,8-9,14-16,18H,3,6-7,10-13H2,1H3,(H,23,25)/t18-/m1/s1. The van der Waals surface area contributed by atoms with Gasteiger partial charge in [0.2, 0.25) is 5.91 Å². The van der Waals surface area contributed by atoms with Gasteiger partial charge in [-0.05, 0) is 37.2 Å². The maximum absolute atomic E-state index is 13.5. The van der Waals surface area contributed by atoms with E-state index >= 15 is 0 Å². The van der Waals surface area contributed by atoms with Crippen LogP contribution in [0.25, 0.3) is 0 Å². The third kappa shape index (κ3) is 3.10. The topological polar surface area (TPSA) is 46.9 Å². The number of nitrogens with one attached hydrogen (secondary N) is 1. The van der Waals surface area contributed by atoms with Crippen LogP contribution in [0.5, 0.6) is 0 Å². The van der Waals surface area contributed by atoms with Gasteiger partial charge < -0.3 is 9.88 Å². The van der Waals surface area contributed by atoms with Gasteiger partial charge in [0, 0.05) is 19.4 Å². The van der Waals surface area contributed by atoms with Crippen LogP contribution in [0.2, 0.25) is 0 Å². The van der Waals surface area contributed by atoms with Crippen molar-refractivity contribution >= 4 is 5.91 Å². The van der Waals surface area contributed by atoms with Gasteiger partial charge in [-0.1, -0.05) is 49.6 Å². The Balaban J connectivity index is 1.63. The molecule has 4 heteroatoms. The van der Waals surface area contributed by atoms with Crippen LogP contribution in [-0.4, -0.2) is 15.5 Å². The highest BCUT2D eigenvalue weighted by Crippen LogP contribution is 2.43. The highest BCUT2D eigenvalue weighted by molar-refractivity contribution is 5.88. The fourth-order valence-corrected chi connectivity index (χ4v) is 4.34. The third-order valence-corrected chi connectivity index (χ3v) is 5.98. The highest BCUT2D eigenvalue weighted by atomic mass is 16.2. The van der Waals surface area contributed by atoms with Gasteiger partial charge in [-0.2, -0.15) is 0 Å². The van der Waals surface area contributed by atoms with E-state index in [0.717, 1.165) is 31.5 Å². The Kier molecular flexibility index (Phi) is 4.36. The lowest BCUT2D eigenvalue weighted by atomic mass is 9.68. The fourth-order valence-electron chi connectivity index (χ4n) is 4.34. The van der Waals surface area contributed by atoms with E-state index < -0.39 is 0 Å². The van der Waals surface area contributed by atoms with Gasteiger partial charge in [0.05, 0.1) is 11.5 Å². The molecule has 2 aliphatic rings. The Morgan fingerprint density at radius 2 is 1.92 bits per heavy atom. The molecule has 0 spiro atoms. The monoisotopic (exact) mass is 337 g/mol. The minimum atomic E-state index is -0.377. The summed E-state index contributed by atoms with van der Waals surface area (Å²) in [6.45, 7) is 0. The summed E-state index contributed by atoms with van der Waals surface area (Å²) in [7, 11) is 2.01. The van der Waals surface area contributed by atoms with E-state index in [4.69, 9.17) is 0 Å². The lowest BCUT2D eigenvalue weighted by Gasteiger charge is -2.37. The Hall–Kier alpha value is -2.10. The zero-order valence-corrected chi connectivity index (χ0v) is 14.9. The number of aromatic nitrogens is 2. The summed E-state index contributed by atoms with van der Waals surface area (Å²) in [5.41, 5.74) is 0.791.